The van der Waals surface area contributed by atoms with Crippen molar-refractivity contribution in [3.05, 3.63) is 64.1 Å². The van der Waals surface area contributed by atoms with Crippen LogP contribution in [-0.4, -0.2) is 50.5 Å². The lowest BCUT2D eigenvalue weighted by Crippen LogP contribution is -2.51. The maximum Gasteiger partial charge on any atom is 0.244 e. The van der Waals surface area contributed by atoms with Gasteiger partial charge in [-0.1, -0.05) is 55.8 Å². The van der Waals surface area contributed by atoms with Crippen LogP contribution in [0.1, 0.15) is 31.9 Å². The molecule has 2 rings (SSSR count). The van der Waals surface area contributed by atoms with Crippen LogP contribution < -0.4 is 9.62 Å². The summed E-state index contributed by atoms with van der Waals surface area (Å²) in [6.45, 7) is 7.85. The minimum atomic E-state index is -3.76. The third kappa shape index (κ3) is 7.85. The van der Waals surface area contributed by atoms with E-state index in [1.54, 1.807) is 31.2 Å². The number of para-hydroxylation sites is 1. The lowest BCUT2D eigenvalue weighted by Gasteiger charge is -2.32. The number of nitrogens with one attached hydrogen (secondary N) is 1. The molecule has 2 aromatic carbocycles. The van der Waals surface area contributed by atoms with Gasteiger partial charge in [-0.05, 0) is 53.4 Å². The molecule has 1 atom stereocenters. The van der Waals surface area contributed by atoms with Gasteiger partial charge in [-0.3, -0.25) is 13.9 Å². The van der Waals surface area contributed by atoms with Crippen LogP contribution in [0.25, 0.3) is 0 Å². The number of hydrogen-bond acceptors (Lipinski definition) is 4. The molecule has 0 fully saturated rings. The molecule has 9 heteroatoms. The Morgan fingerprint density at radius 1 is 1.03 bits per heavy atom. The number of aryl methyl sites for hydroxylation is 1. The highest BCUT2D eigenvalue weighted by atomic mass is 79.9. The summed E-state index contributed by atoms with van der Waals surface area (Å²) in [6, 6.07) is 13.7. The molecule has 0 aliphatic heterocycles. The van der Waals surface area contributed by atoms with Gasteiger partial charge < -0.3 is 10.2 Å². The second kappa shape index (κ2) is 11.7. The fourth-order valence-corrected chi connectivity index (χ4v) is 4.65. The van der Waals surface area contributed by atoms with Crippen molar-refractivity contribution < 1.29 is 18.0 Å². The van der Waals surface area contributed by atoms with E-state index in [1.165, 1.54) is 4.90 Å². The Bertz CT molecular complexity index is 1070. The topological polar surface area (TPSA) is 86.8 Å². The molecule has 180 valence electrons. The Hall–Kier alpha value is -2.39. The first-order valence-corrected chi connectivity index (χ1v) is 13.4. The molecule has 2 amide bonds. The maximum absolute atomic E-state index is 13.5. The van der Waals surface area contributed by atoms with E-state index in [2.05, 4.69) is 21.2 Å². The molecule has 0 aliphatic carbocycles. The smallest absolute Gasteiger partial charge is 0.244 e. The van der Waals surface area contributed by atoms with Gasteiger partial charge in [-0.15, -0.1) is 0 Å². The predicted octanol–water partition coefficient (Wildman–Crippen LogP) is 3.71. The average molecular weight is 539 g/mol. The van der Waals surface area contributed by atoms with E-state index in [0.717, 1.165) is 21.7 Å². The van der Waals surface area contributed by atoms with E-state index < -0.39 is 28.5 Å². The molecule has 0 radical (unpaired) electrons. The van der Waals surface area contributed by atoms with E-state index in [1.807, 2.05) is 45.0 Å². The molecule has 0 spiro atoms. The quantitative estimate of drug-likeness (QED) is 0.500. The van der Waals surface area contributed by atoms with Crippen molar-refractivity contribution in [2.24, 2.45) is 5.92 Å². The SMILES string of the molecule is Cc1ccc(CN(C(=O)CN(c2ccccc2Br)S(C)(=O)=O)[C@H](C)C(=O)NCC(C)C)cc1. The Labute approximate surface area is 205 Å². The van der Waals surface area contributed by atoms with Gasteiger partial charge in [0.05, 0.1) is 11.9 Å². The fourth-order valence-electron chi connectivity index (χ4n) is 3.17. The Morgan fingerprint density at radius 2 is 1.64 bits per heavy atom. The fraction of sp³-hybridized carbons (Fsp3) is 0.417. The van der Waals surface area contributed by atoms with Crippen LogP contribution in [0.5, 0.6) is 0 Å². The van der Waals surface area contributed by atoms with Crippen LogP contribution in [0, 0.1) is 12.8 Å². The van der Waals surface area contributed by atoms with Gasteiger partial charge in [0.2, 0.25) is 21.8 Å². The molecule has 0 saturated carbocycles. The summed E-state index contributed by atoms with van der Waals surface area (Å²) in [5, 5.41) is 2.86. The molecule has 0 unspecified atom stereocenters. The highest BCUT2D eigenvalue weighted by molar-refractivity contribution is 9.10. The zero-order valence-corrected chi connectivity index (χ0v) is 22.1. The number of carbonyl (C=O) groups excluding carboxylic acids is 2. The molecule has 7 nitrogen and oxygen atoms in total. The van der Waals surface area contributed by atoms with E-state index >= 15 is 0 Å². The number of carbonyl (C=O) groups is 2. The summed E-state index contributed by atoms with van der Waals surface area (Å²) >= 11 is 3.37. The second-order valence-electron chi connectivity index (χ2n) is 8.54. The van der Waals surface area contributed by atoms with Crippen LogP contribution in [0.4, 0.5) is 5.69 Å². The van der Waals surface area contributed by atoms with Crippen molar-refractivity contribution >= 4 is 43.5 Å². The molecule has 0 aromatic heterocycles. The van der Waals surface area contributed by atoms with Crippen molar-refractivity contribution in [3.8, 4) is 0 Å². The number of rotatable bonds is 10. The predicted molar refractivity (Wildman–Crippen MR) is 135 cm³/mol. The molecule has 0 heterocycles. The first kappa shape index (κ1) is 26.9. The van der Waals surface area contributed by atoms with Crippen molar-refractivity contribution in [2.75, 3.05) is 23.7 Å². The first-order valence-electron chi connectivity index (χ1n) is 10.7. The molecule has 0 aliphatic rings. The summed E-state index contributed by atoms with van der Waals surface area (Å²) in [4.78, 5) is 27.7. The van der Waals surface area contributed by atoms with Crippen LogP contribution in [0.2, 0.25) is 0 Å². The average Bonchev–Trinajstić information content (AvgIpc) is 2.74. The van der Waals surface area contributed by atoms with Crippen LogP contribution in [0.15, 0.2) is 53.0 Å². The Morgan fingerprint density at radius 3 is 2.18 bits per heavy atom. The summed E-state index contributed by atoms with van der Waals surface area (Å²) in [5.41, 5.74) is 2.29. The van der Waals surface area contributed by atoms with E-state index in [-0.39, 0.29) is 18.4 Å². The van der Waals surface area contributed by atoms with Gasteiger partial charge in [0.15, 0.2) is 0 Å². The number of amides is 2. The summed E-state index contributed by atoms with van der Waals surface area (Å²) in [5.74, 6) is -0.488. The summed E-state index contributed by atoms with van der Waals surface area (Å²) < 4.78 is 26.8. The lowest BCUT2D eigenvalue weighted by molar-refractivity contribution is -0.139. The van der Waals surface area contributed by atoms with Crippen molar-refractivity contribution in [1.82, 2.24) is 10.2 Å². The molecule has 1 N–H and O–H groups in total. The molecular formula is C24H32BrN3O4S. The lowest BCUT2D eigenvalue weighted by atomic mass is 10.1. The standard InChI is InChI=1S/C24H32BrN3O4S/c1-17(2)14-26-24(30)19(4)27(15-20-12-10-18(3)11-13-20)23(29)16-28(33(5,31)32)22-9-7-6-8-21(22)25/h6-13,17,19H,14-16H2,1-5H3,(H,26,30)/t19-/m1/s1. The first-order chi connectivity index (χ1) is 15.4. The van der Waals surface area contributed by atoms with Crippen molar-refractivity contribution in [3.63, 3.8) is 0 Å². The number of hydrogen-bond donors (Lipinski definition) is 1. The number of sulfonamides is 1. The number of nitrogens with zero attached hydrogens (tertiary/aromatic N) is 2. The second-order valence-corrected chi connectivity index (χ2v) is 11.3. The van der Waals surface area contributed by atoms with Crippen molar-refractivity contribution in [1.29, 1.82) is 0 Å². The molecule has 0 saturated heterocycles. The van der Waals surface area contributed by atoms with Crippen LogP contribution in [-0.2, 0) is 26.2 Å². The Balaban J connectivity index is 2.36. The monoisotopic (exact) mass is 537 g/mol. The molecular weight excluding hydrogens is 506 g/mol. The van der Waals surface area contributed by atoms with E-state index in [9.17, 15) is 18.0 Å². The van der Waals surface area contributed by atoms with E-state index in [4.69, 9.17) is 0 Å². The number of anilines is 1. The normalized spacial score (nSPS) is 12.3. The summed E-state index contributed by atoms with van der Waals surface area (Å²) in [6.07, 6.45) is 1.06. The van der Waals surface area contributed by atoms with Gasteiger partial charge in [-0.25, -0.2) is 8.42 Å². The largest absolute Gasteiger partial charge is 0.354 e. The Kier molecular flexibility index (Phi) is 9.48. The third-order valence-electron chi connectivity index (χ3n) is 5.13. The third-order valence-corrected chi connectivity index (χ3v) is 6.92. The molecule has 0 bridgehead atoms. The van der Waals surface area contributed by atoms with Crippen LogP contribution >= 0.6 is 15.9 Å². The molecule has 33 heavy (non-hydrogen) atoms. The van der Waals surface area contributed by atoms with Gasteiger partial charge in [-0.2, -0.15) is 0 Å². The van der Waals surface area contributed by atoms with E-state index in [0.29, 0.717) is 16.7 Å². The summed E-state index contributed by atoms with van der Waals surface area (Å²) in [7, 11) is -3.76. The minimum absolute atomic E-state index is 0.183. The zero-order valence-electron chi connectivity index (χ0n) is 19.7. The highest BCUT2D eigenvalue weighted by Crippen LogP contribution is 2.28. The van der Waals surface area contributed by atoms with Gasteiger partial charge in [0.25, 0.3) is 0 Å². The number of halogens is 1. The highest BCUT2D eigenvalue weighted by Gasteiger charge is 2.30. The molecule has 2 aromatic rings. The van der Waals surface area contributed by atoms with Crippen LogP contribution in [0.3, 0.4) is 0 Å². The minimum Gasteiger partial charge on any atom is -0.354 e. The zero-order chi connectivity index (χ0) is 24.8. The van der Waals surface area contributed by atoms with Gasteiger partial charge in [0, 0.05) is 17.6 Å². The van der Waals surface area contributed by atoms with Gasteiger partial charge in [0.1, 0.15) is 12.6 Å². The maximum atomic E-state index is 13.5. The van der Waals surface area contributed by atoms with Gasteiger partial charge >= 0.3 is 0 Å². The van der Waals surface area contributed by atoms with Crippen molar-refractivity contribution in [2.45, 2.75) is 40.3 Å². The number of benzene rings is 2.